The average Bonchev–Trinajstić information content (AvgIpc) is 3.25. The molecule has 1 aromatic carbocycles. The van der Waals surface area contributed by atoms with Gasteiger partial charge in [0.05, 0.1) is 5.92 Å². The first kappa shape index (κ1) is 22.8. The van der Waals surface area contributed by atoms with E-state index in [0.717, 1.165) is 18.5 Å². The second-order valence-electron chi connectivity index (χ2n) is 7.34. The Kier molecular flexibility index (Phi) is 9.59. The topological polar surface area (TPSA) is 122 Å². The van der Waals surface area contributed by atoms with Crippen molar-refractivity contribution in [3.8, 4) is 0 Å². The molecule has 0 radical (unpaired) electrons. The van der Waals surface area contributed by atoms with Crippen molar-refractivity contribution >= 4 is 18.0 Å². The van der Waals surface area contributed by atoms with Gasteiger partial charge < -0.3 is 25.8 Å². The molecule has 0 aromatic heterocycles. The highest BCUT2D eigenvalue weighted by Gasteiger charge is 2.30. The summed E-state index contributed by atoms with van der Waals surface area (Å²) in [5, 5.41) is 12.6. The molecule has 1 saturated heterocycles. The largest absolute Gasteiger partial charge is 0.481 e. The van der Waals surface area contributed by atoms with Crippen LogP contribution in [0, 0.1) is 5.92 Å². The maximum Gasteiger partial charge on any atom is 0.417 e. The van der Waals surface area contributed by atoms with Crippen molar-refractivity contribution in [3.05, 3.63) is 35.9 Å². The van der Waals surface area contributed by atoms with Crippen LogP contribution in [-0.4, -0.2) is 60.3 Å². The Hall–Kier alpha value is -2.45. The molecule has 0 saturated carbocycles. The van der Waals surface area contributed by atoms with E-state index in [-0.39, 0.29) is 6.54 Å². The molecule has 8 heteroatoms. The zero-order valence-corrected chi connectivity index (χ0v) is 16.7. The Balaban J connectivity index is 1.97. The van der Waals surface area contributed by atoms with Gasteiger partial charge in [0, 0.05) is 13.1 Å². The lowest BCUT2D eigenvalue weighted by molar-refractivity contribution is -0.142. The van der Waals surface area contributed by atoms with Crippen LogP contribution in [0.5, 0.6) is 0 Å². The highest BCUT2D eigenvalue weighted by molar-refractivity contribution is 5.88. The molecular weight excluding hydrogens is 374 g/mol. The molecule has 1 unspecified atom stereocenters. The Labute approximate surface area is 171 Å². The zero-order valence-electron chi connectivity index (χ0n) is 16.7. The van der Waals surface area contributed by atoms with E-state index >= 15 is 0 Å². The summed E-state index contributed by atoms with van der Waals surface area (Å²) in [6.07, 6.45) is 3.00. The smallest absolute Gasteiger partial charge is 0.417 e. The molecule has 4 N–H and O–H groups in total. The lowest BCUT2D eigenvalue weighted by Gasteiger charge is -2.25. The number of hydrogen-bond donors (Lipinski definition) is 3. The van der Waals surface area contributed by atoms with E-state index in [1.54, 1.807) is 0 Å². The van der Waals surface area contributed by atoms with Crippen molar-refractivity contribution in [2.45, 2.75) is 44.6 Å². The molecule has 2 rings (SSSR count). The van der Waals surface area contributed by atoms with Crippen molar-refractivity contribution in [2.24, 2.45) is 11.7 Å². The summed E-state index contributed by atoms with van der Waals surface area (Å²) >= 11 is 0. The van der Waals surface area contributed by atoms with E-state index in [4.69, 9.17) is 10.5 Å². The first-order valence-electron chi connectivity index (χ1n) is 10.2. The number of aryl methyl sites for hydroxylation is 1. The molecular formula is C21H31N3O5. The molecule has 160 valence electrons. The Morgan fingerprint density at radius 3 is 2.62 bits per heavy atom. The third-order valence-corrected chi connectivity index (χ3v) is 5.09. The fraction of sp³-hybridized carbons (Fsp3) is 0.571. The van der Waals surface area contributed by atoms with Gasteiger partial charge >= 0.3 is 18.0 Å². The van der Waals surface area contributed by atoms with Crippen molar-refractivity contribution in [2.75, 3.05) is 26.2 Å². The van der Waals surface area contributed by atoms with Crippen LogP contribution in [0.1, 0.15) is 37.7 Å². The van der Waals surface area contributed by atoms with E-state index in [2.05, 4.69) is 5.32 Å². The lowest BCUT2D eigenvalue weighted by Crippen LogP contribution is -2.42. The molecule has 8 nitrogen and oxygen atoms in total. The predicted octanol–water partition coefficient (Wildman–Crippen LogP) is 1.78. The number of nitrogens with one attached hydrogen (secondary N) is 1. The molecule has 1 aromatic rings. The second-order valence-corrected chi connectivity index (χ2v) is 7.34. The normalized spacial score (nSPS) is 16.9. The van der Waals surface area contributed by atoms with Gasteiger partial charge in [-0.05, 0) is 57.2 Å². The van der Waals surface area contributed by atoms with E-state index in [0.29, 0.717) is 45.2 Å². The number of esters is 1. The summed E-state index contributed by atoms with van der Waals surface area (Å²) in [5.41, 5.74) is 6.56. The molecule has 0 bridgehead atoms. The van der Waals surface area contributed by atoms with Gasteiger partial charge in [0.2, 0.25) is 0 Å². The SMILES string of the molecule is NCCCCN(CC(CCc1ccccc1)C(=O)O)C(=O)OC(=O)[C@@H]1CCCN1. The van der Waals surface area contributed by atoms with E-state index in [1.165, 1.54) is 4.90 Å². The summed E-state index contributed by atoms with van der Waals surface area (Å²) in [5.74, 6) is -2.32. The number of benzene rings is 1. The number of ether oxygens (including phenoxy) is 1. The monoisotopic (exact) mass is 405 g/mol. The predicted molar refractivity (Wildman–Crippen MR) is 108 cm³/mol. The third-order valence-electron chi connectivity index (χ3n) is 5.09. The van der Waals surface area contributed by atoms with Crippen LogP contribution in [0.15, 0.2) is 30.3 Å². The van der Waals surface area contributed by atoms with E-state index < -0.39 is 30.0 Å². The maximum atomic E-state index is 12.6. The summed E-state index contributed by atoms with van der Waals surface area (Å²) < 4.78 is 5.03. The standard InChI is InChI=1S/C21H31N3O5/c22-12-4-5-14-24(21(28)29-20(27)18-9-6-13-23-18)15-17(19(25)26)11-10-16-7-2-1-3-8-16/h1-3,7-8,17-18,23H,4-6,9-15,22H2,(H,25,26)/t17?,18-/m0/s1. The number of carboxylic acid groups (broad SMARTS) is 1. The van der Waals surface area contributed by atoms with Crippen molar-refractivity contribution < 1.29 is 24.2 Å². The Bertz CT molecular complexity index is 662. The van der Waals surface area contributed by atoms with Crippen molar-refractivity contribution in [1.82, 2.24) is 10.2 Å². The number of nitrogens with two attached hydrogens (primary N) is 1. The second kappa shape index (κ2) is 12.2. The summed E-state index contributed by atoms with van der Waals surface area (Å²) in [7, 11) is 0. The average molecular weight is 405 g/mol. The van der Waals surface area contributed by atoms with Crippen molar-refractivity contribution in [3.63, 3.8) is 0 Å². The number of nitrogens with zero attached hydrogens (tertiary/aromatic N) is 1. The van der Waals surface area contributed by atoms with Gasteiger partial charge in [-0.3, -0.25) is 4.79 Å². The fourth-order valence-electron chi connectivity index (χ4n) is 3.36. The minimum absolute atomic E-state index is 0.00303. The lowest BCUT2D eigenvalue weighted by atomic mass is 9.99. The summed E-state index contributed by atoms with van der Waals surface area (Å²) in [6, 6.07) is 9.13. The van der Waals surface area contributed by atoms with Gasteiger partial charge in [-0.15, -0.1) is 0 Å². The van der Waals surface area contributed by atoms with Crippen LogP contribution in [0.3, 0.4) is 0 Å². The van der Waals surface area contributed by atoms with Gasteiger partial charge in [0.25, 0.3) is 0 Å². The van der Waals surface area contributed by atoms with Gasteiger partial charge in [0.1, 0.15) is 6.04 Å². The fourth-order valence-corrected chi connectivity index (χ4v) is 3.36. The molecule has 2 atom stereocenters. The quantitative estimate of drug-likeness (QED) is 0.291. The maximum absolute atomic E-state index is 12.6. The first-order chi connectivity index (χ1) is 14.0. The summed E-state index contributed by atoms with van der Waals surface area (Å²) in [4.78, 5) is 37.8. The summed E-state index contributed by atoms with van der Waals surface area (Å²) in [6.45, 7) is 1.49. The molecule has 1 aliphatic rings. The number of hydrogen-bond acceptors (Lipinski definition) is 6. The number of carboxylic acids is 1. The van der Waals surface area contributed by atoms with Crippen LogP contribution in [0.4, 0.5) is 4.79 Å². The zero-order chi connectivity index (χ0) is 21.1. The molecule has 1 amide bonds. The third kappa shape index (κ3) is 7.83. The van der Waals surface area contributed by atoms with E-state index in [1.807, 2.05) is 30.3 Å². The van der Waals surface area contributed by atoms with Crippen LogP contribution in [-0.2, 0) is 20.7 Å². The van der Waals surface area contributed by atoms with Crippen LogP contribution in [0.25, 0.3) is 0 Å². The van der Waals surface area contributed by atoms with Gasteiger partial charge in [-0.1, -0.05) is 30.3 Å². The highest BCUT2D eigenvalue weighted by Crippen LogP contribution is 2.15. The Morgan fingerprint density at radius 1 is 1.24 bits per heavy atom. The minimum Gasteiger partial charge on any atom is -0.481 e. The highest BCUT2D eigenvalue weighted by atomic mass is 16.6. The number of rotatable bonds is 11. The van der Waals surface area contributed by atoms with Gasteiger partial charge in [0.15, 0.2) is 0 Å². The van der Waals surface area contributed by atoms with Crippen LogP contribution >= 0.6 is 0 Å². The molecule has 1 fully saturated rings. The number of carbonyl (C=O) groups is 3. The van der Waals surface area contributed by atoms with Crippen molar-refractivity contribution in [1.29, 1.82) is 0 Å². The number of amides is 1. The Morgan fingerprint density at radius 2 is 2.00 bits per heavy atom. The van der Waals surface area contributed by atoms with E-state index in [9.17, 15) is 19.5 Å². The minimum atomic E-state index is -0.971. The molecule has 29 heavy (non-hydrogen) atoms. The molecule has 1 aliphatic heterocycles. The van der Waals surface area contributed by atoms with Crippen LogP contribution in [0.2, 0.25) is 0 Å². The van der Waals surface area contributed by atoms with Crippen LogP contribution < -0.4 is 11.1 Å². The first-order valence-corrected chi connectivity index (χ1v) is 10.2. The van der Waals surface area contributed by atoms with Gasteiger partial charge in [-0.2, -0.15) is 0 Å². The number of aliphatic carboxylic acids is 1. The number of carbonyl (C=O) groups excluding carboxylic acids is 2. The molecule has 0 spiro atoms. The molecule has 0 aliphatic carbocycles. The molecule has 1 heterocycles. The number of unbranched alkanes of at least 4 members (excludes halogenated alkanes) is 1. The van der Waals surface area contributed by atoms with Gasteiger partial charge in [-0.25, -0.2) is 9.59 Å².